The minimum absolute atomic E-state index is 0.0355. The zero-order valence-electron chi connectivity index (χ0n) is 15.9. The molecule has 1 N–H and O–H groups in total. The zero-order valence-corrected chi connectivity index (χ0v) is 16.7. The number of hydrogen-bond donors (Lipinski definition) is 1. The fourth-order valence-corrected chi connectivity index (χ4v) is 2.87. The van der Waals surface area contributed by atoms with Crippen LogP contribution < -0.4 is 15.0 Å². The lowest BCUT2D eigenvalue weighted by molar-refractivity contribution is -0.137. The van der Waals surface area contributed by atoms with Crippen LogP contribution in [0.5, 0.6) is 17.5 Å². The first-order valence-electron chi connectivity index (χ1n) is 9.11. The maximum Gasteiger partial charge on any atom is 0.417 e. The molecule has 0 amide bonds. The van der Waals surface area contributed by atoms with Crippen molar-refractivity contribution in [2.24, 2.45) is 0 Å². The summed E-state index contributed by atoms with van der Waals surface area (Å²) in [5.41, 5.74) is 0.237. The summed E-state index contributed by atoms with van der Waals surface area (Å²) in [5.74, 6) is 0.421. The molecule has 0 saturated heterocycles. The van der Waals surface area contributed by atoms with Crippen LogP contribution in [0.1, 0.15) is 23.6 Å². The Hall–Kier alpha value is -3.00. The van der Waals surface area contributed by atoms with Gasteiger partial charge in [-0.15, -0.1) is 0 Å². The van der Waals surface area contributed by atoms with E-state index in [1.54, 1.807) is 30.5 Å². The highest BCUT2D eigenvalue weighted by molar-refractivity contribution is 6.31. The van der Waals surface area contributed by atoms with Gasteiger partial charge in [-0.1, -0.05) is 30.7 Å². The van der Waals surface area contributed by atoms with E-state index in [1.807, 2.05) is 6.92 Å². The summed E-state index contributed by atoms with van der Waals surface area (Å²) in [6, 6.07) is 10.4. The molecule has 0 bridgehead atoms. The van der Waals surface area contributed by atoms with E-state index < -0.39 is 11.7 Å². The van der Waals surface area contributed by atoms with E-state index in [4.69, 9.17) is 21.1 Å². The van der Waals surface area contributed by atoms with Crippen LogP contribution >= 0.6 is 11.6 Å². The van der Waals surface area contributed by atoms with Gasteiger partial charge in [0.05, 0.1) is 17.2 Å². The van der Waals surface area contributed by atoms with Crippen LogP contribution in [-0.4, -0.2) is 16.6 Å². The summed E-state index contributed by atoms with van der Waals surface area (Å²) in [7, 11) is 0. The molecule has 5 nitrogen and oxygen atoms in total. The number of H-pyrrole nitrogens is 1. The van der Waals surface area contributed by atoms with E-state index in [9.17, 15) is 18.0 Å². The Bertz CT molecular complexity index is 1070. The lowest BCUT2D eigenvalue weighted by Gasteiger charge is -2.12. The molecule has 9 heteroatoms. The number of aromatic nitrogens is 2. The monoisotopic (exact) mass is 438 g/mol. The lowest BCUT2D eigenvalue weighted by atomic mass is 10.1. The van der Waals surface area contributed by atoms with Gasteiger partial charge in [0.25, 0.3) is 11.6 Å². The first-order chi connectivity index (χ1) is 14.3. The van der Waals surface area contributed by atoms with Gasteiger partial charge in [0.1, 0.15) is 11.5 Å². The first-order valence-corrected chi connectivity index (χ1v) is 9.49. The molecule has 2 aromatic carbocycles. The number of rotatable bonds is 7. The largest absolute Gasteiger partial charge is 0.464 e. The topological polar surface area (TPSA) is 64.2 Å². The Labute approximate surface area is 175 Å². The number of benzene rings is 2. The SMILES string of the molecule is CCc1c[nH]c(OCCc2ccc(Oc3ccc(Cl)c(C(F)(F)F)c3)cc2)nc1=O. The molecular weight excluding hydrogens is 421 g/mol. The highest BCUT2D eigenvalue weighted by atomic mass is 35.5. The van der Waals surface area contributed by atoms with Crippen LogP contribution in [0, 0.1) is 0 Å². The van der Waals surface area contributed by atoms with Crippen LogP contribution in [0.15, 0.2) is 53.5 Å². The van der Waals surface area contributed by atoms with Gasteiger partial charge < -0.3 is 14.5 Å². The van der Waals surface area contributed by atoms with Gasteiger partial charge in [0.2, 0.25) is 0 Å². The van der Waals surface area contributed by atoms with Crippen molar-refractivity contribution in [2.75, 3.05) is 6.61 Å². The van der Waals surface area contributed by atoms with Gasteiger partial charge in [0.15, 0.2) is 0 Å². The smallest absolute Gasteiger partial charge is 0.417 e. The molecule has 0 atom stereocenters. The maximum absolute atomic E-state index is 12.9. The number of hydrogen-bond acceptors (Lipinski definition) is 4. The van der Waals surface area contributed by atoms with Crippen LogP contribution in [-0.2, 0) is 19.0 Å². The summed E-state index contributed by atoms with van der Waals surface area (Å²) in [6.07, 6.45) is -1.85. The molecule has 0 aliphatic carbocycles. The van der Waals surface area contributed by atoms with Gasteiger partial charge in [0, 0.05) is 18.2 Å². The van der Waals surface area contributed by atoms with Crippen molar-refractivity contribution in [2.45, 2.75) is 25.9 Å². The Morgan fingerprint density at radius 2 is 1.80 bits per heavy atom. The third-order valence-electron chi connectivity index (χ3n) is 4.26. The predicted molar refractivity (Wildman–Crippen MR) is 106 cm³/mol. The molecule has 3 rings (SSSR count). The number of aromatic amines is 1. The molecule has 30 heavy (non-hydrogen) atoms. The highest BCUT2D eigenvalue weighted by Gasteiger charge is 2.33. The Morgan fingerprint density at radius 1 is 1.10 bits per heavy atom. The van der Waals surface area contributed by atoms with Crippen LogP contribution in [0.25, 0.3) is 0 Å². The molecule has 0 aliphatic heterocycles. The van der Waals surface area contributed by atoms with Crippen molar-refractivity contribution < 1.29 is 22.6 Å². The molecule has 0 fully saturated rings. The van der Waals surface area contributed by atoms with E-state index in [2.05, 4.69) is 9.97 Å². The van der Waals surface area contributed by atoms with Crippen molar-refractivity contribution in [3.8, 4) is 17.5 Å². The molecule has 0 radical (unpaired) electrons. The Balaban J connectivity index is 1.58. The highest BCUT2D eigenvalue weighted by Crippen LogP contribution is 2.37. The summed E-state index contributed by atoms with van der Waals surface area (Å²) in [6.45, 7) is 2.16. The second-order valence-electron chi connectivity index (χ2n) is 6.37. The summed E-state index contributed by atoms with van der Waals surface area (Å²) < 4.78 is 49.8. The Kier molecular flexibility index (Phi) is 6.66. The van der Waals surface area contributed by atoms with Crippen molar-refractivity contribution in [1.29, 1.82) is 0 Å². The van der Waals surface area contributed by atoms with Crippen molar-refractivity contribution in [3.63, 3.8) is 0 Å². The second-order valence-corrected chi connectivity index (χ2v) is 6.78. The van der Waals surface area contributed by atoms with Gasteiger partial charge in [-0.3, -0.25) is 4.79 Å². The molecule has 1 heterocycles. The van der Waals surface area contributed by atoms with E-state index in [0.717, 1.165) is 17.7 Å². The number of nitrogens with one attached hydrogen (secondary N) is 1. The van der Waals surface area contributed by atoms with Gasteiger partial charge in [-0.25, -0.2) is 0 Å². The Morgan fingerprint density at radius 3 is 2.43 bits per heavy atom. The molecule has 3 aromatic rings. The summed E-state index contributed by atoms with van der Waals surface area (Å²) in [5, 5.41) is -0.384. The molecule has 0 spiro atoms. The van der Waals surface area contributed by atoms with Crippen molar-refractivity contribution in [1.82, 2.24) is 9.97 Å². The zero-order chi connectivity index (χ0) is 21.7. The van der Waals surface area contributed by atoms with E-state index >= 15 is 0 Å². The third-order valence-corrected chi connectivity index (χ3v) is 4.59. The lowest BCUT2D eigenvalue weighted by Crippen LogP contribution is -2.15. The molecule has 0 aliphatic rings. The summed E-state index contributed by atoms with van der Waals surface area (Å²) >= 11 is 5.61. The van der Waals surface area contributed by atoms with E-state index in [0.29, 0.717) is 30.8 Å². The second kappa shape index (κ2) is 9.21. The average Bonchev–Trinajstić information content (AvgIpc) is 2.70. The first kappa shape index (κ1) is 21.7. The molecule has 0 saturated carbocycles. The van der Waals surface area contributed by atoms with Crippen LogP contribution in [0.3, 0.4) is 0 Å². The number of nitrogens with zero attached hydrogens (tertiary/aromatic N) is 1. The number of alkyl halides is 3. The minimum atomic E-state index is -4.56. The minimum Gasteiger partial charge on any atom is -0.464 e. The van der Waals surface area contributed by atoms with E-state index in [1.165, 1.54) is 6.07 Å². The number of aryl methyl sites for hydroxylation is 1. The maximum atomic E-state index is 12.9. The fraction of sp³-hybridized carbons (Fsp3) is 0.238. The predicted octanol–water partition coefficient (Wildman–Crippen LogP) is 5.42. The van der Waals surface area contributed by atoms with Gasteiger partial charge >= 0.3 is 6.18 Å². The van der Waals surface area contributed by atoms with E-state index in [-0.39, 0.29) is 22.3 Å². The molecule has 1 aromatic heterocycles. The van der Waals surface area contributed by atoms with Crippen LogP contribution in [0.2, 0.25) is 5.02 Å². The standard InChI is InChI=1S/C21H18ClF3N2O3/c1-2-14-12-26-20(27-19(14)28)29-10-9-13-3-5-15(6-4-13)30-16-7-8-18(22)17(11-16)21(23,24)25/h3-8,11-12H,2,9-10H2,1H3,(H,26,27,28). The van der Waals surface area contributed by atoms with Crippen molar-refractivity contribution in [3.05, 3.63) is 80.7 Å². The molecule has 0 unspecified atom stereocenters. The third kappa shape index (κ3) is 5.54. The molecule has 158 valence electrons. The summed E-state index contributed by atoms with van der Waals surface area (Å²) in [4.78, 5) is 18.3. The van der Waals surface area contributed by atoms with Crippen LogP contribution in [0.4, 0.5) is 13.2 Å². The number of ether oxygens (including phenoxy) is 2. The molecular formula is C21H18ClF3N2O3. The fourth-order valence-electron chi connectivity index (χ4n) is 2.65. The quantitative estimate of drug-likeness (QED) is 0.535. The normalized spacial score (nSPS) is 11.4. The van der Waals surface area contributed by atoms with Gasteiger partial charge in [-0.05, 0) is 42.3 Å². The number of halogens is 4. The average molecular weight is 439 g/mol. The van der Waals surface area contributed by atoms with Crippen molar-refractivity contribution >= 4 is 11.6 Å². The van der Waals surface area contributed by atoms with Gasteiger partial charge in [-0.2, -0.15) is 18.2 Å².